The zero-order valence-corrected chi connectivity index (χ0v) is 9.34. The van der Waals surface area contributed by atoms with Crippen LogP contribution in [0, 0.1) is 0 Å². The summed E-state index contributed by atoms with van der Waals surface area (Å²) in [6.07, 6.45) is -1.89. The lowest BCUT2D eigenvalue weighted by Gasteiger charge is -2.26. The van der Waals surface area contributed by atoms with Gasteiger partial charge >= 0.3 is 0 Å². The molecule has 0 aromatic heterocycles. The molecule has 1 aromatic carbocycles. The normalized spacial score (nSPS) is 14.4. The second-order valence-corrected chi connectivity index (χ2v) is 4.70. The molecule has 1 aromatic rings. The quantitative estimate of drug-likeness (QED) is 0.643. The Morgan fingerprint density at radius 2 is 1.57 bits per heavy atom. The Morgan fingerprint density at radius 3 is 2.00 bits per heavy atom. The highest BCUT2D eigenvalue weighted by molar-refractivity contribution is 6.52. The van der Waals surface area contributed by atoms with Crippen LogP contribution < -0.4 is 0 Å². The molecule has 14 heavy (non-hydrogen) atoms. The molecule has 0 heterocycles. The van der Waals surface area contributed by atoms with Gasteiger partial charge in [0.25, 0.3) is 0 Å². The number of benzene rings is 1. The van der Waals surface area contributed by atoms with Crippen LogP contribution in [0.5, 0.6) is 0 Å². The van der Waals surface area contributed by atoms with Crippen molar-refractivity contribution in [2.45, 2.75) is 16.0 Å². The van der Waals surface area contributed by atoms with Crippen LogP contribution in [-0.4, -0.2) is 20.8 Å². The summed E-state index contributed by atoms with van der Waals surface area (Å²) in [5.41, 5.74) is 0.632. The number of aliphatic hydroxyl groups is 2. The second-order valence-electron chi connectivity index (χ2n) is 2.82. The van der Waals surface area contributed by atoms with Gasteiger partial charge in [-0.2, -0.15) is 0 Å². The first-order valence-electron chi connectivity index (χ1n) is 3.89. The van der Waals surface area contributed by atoms with Crippen molar-refractivity contribution in [3.05, 3.63) is 35.9 Å². The zero-order valence-electron chi connectivity index (χ0n) is 7.07. The Balaban J connectivity index is 2.90. The Bertz CT molecular complexity index is 287. The third kappa shape index (κ3) is 2.53. The molecule has 78 valence electrons. The van der Waals surface area contributed by atoms with Gasteiger partial charge in [-0.3, -0.25) is 0 Å². The molecule has 5 heteroatoms. The lowest BCUT2D eigenvalue weighted by Crippen LogP contribution is -2.34. The maximum atomic E-state index is 8.92. The fraction of sp³-hybridized carbons (Fsp3) is 0.333. The first-order chi connectivity index (χ1) is 6.46. The molecule has 0 aliphatic carbocycles. The van der Waals surface area contributed by atoms with Crippen LogP contribution >= 0.6 is 34.8 Å². The molecule has 0 radical (unpaired) electrons. The lowest BCUT2D eigenvalue weighted by molar-refractivity contribution is -0.0525. The number of rotatable bonds is 3. The molecular formula is C9H9Cl3O2. The van der Waals surface area contributed by atoms with Crippen molar-refractivity contribution < 1.29 is 10.2 Å². The van der Waals surface area contributed by atoms with Gasteiger partial charge in [0, 0.05) is 0 Å². The van der Waals surface area contributed by atoms with E-state index in [2.05, 4.69) is 0 Å². The molecule has 0 fully saturated rings. The number of hydrogen-bond donors (Lipinski definition) is 2. The van der Waals surface area contributed by atoms with E-state index < -0.39 is 16.0 Å². The molecular weight excluding hydrogens is 246 g/mol. The van der Waals surface area contributed by atoms with E-state index in [0.717, 1.165) is 0 Å². The van der Waals surface area contributed by atoms with E-state index in [9.17, 15) is 0 Å². The number of aliphatic hydroxyl groups excluding tert-OH is 1. The first kappa shape index (κ1) is 12.1. The summed E-state index contributed by atoms with van der Waals surface area (Å²) < 4.78 is -1.82. The maximum absolute atomic E-state index is 8.92. The molecule has 1 unspecified atom stereocenters. The second kappa shape index (κ2) is 4.69. The standard InChI is InChI=1S/C9H9Cl3O2/c10-7(9(11,12)8(13)14)6-4-2-1-3-5-6/h1-5,7-8,13-14H. The Kier molecular flexibility index (Phi) is 4.04. The summed E-state index contributed by atoms with van der Waals surface area (Å²) in [6.45, 7) is 0. The minimum Gasteiger partial charge on any atom is -0.366 e. The summed E-state index contributed by atoms with van der Waals surface area (Å²) >= 11 is 17.3. The molecule has 0 spiro atoms. The van der Waals surface area contributed by atoms with E-state index in [1.54, 1.807) is 24.3 Å². The molecule has 0 saturated carbocycles. The zero-order chi connectivity index (χ0) is 10.8. The Morgan fingerprint density at radius 1 is 1.07 bits per heavy atom. The number of halogens is 3. The average molecular weight is 256 g/mol. The highest BCUT2D eigenvalue weighted by Crippen LogP contribution is 2.42. The molecule has 2 nitrogen and oxygen atoms in total. The third-order valence-electron chi connectivity index (χ3n) is 1.77. The molecule has 0 amide bonds. The molecule has 1 rings (SSSR count). The summed E-state index contributed by atoms with van der Waals surface area (Å²) in [5.74, 6) is 0. The van der Waals surface area contributed by atoms with E-state index in [1.807, 2.05) is 6.07 Å². The largest absolute Gasteiger partial charge is 0.366 e. The van der Waals surface area contributed by atoms with Crippen molar-refractivity contribution in [1.29, 1.82) is 0 Å². The fourth-order valence-corrected chi connectivity index (χ4v) is 1.49. The SMILES string of the molecule is OC(O)C(Cl)(Cl)C(Cl)c1ccccc1. The third-order valence-corrected chi connectivity index (χ3v) is 3.42. The summed E-state index contributed by atoms with van der Waals surface area (Å²) in [4.78, 5) is 0. The van der Waals surface area contributed by atoms with E-state index in [0.29, 0.717) is 5.56 Å². The Hall–Kier alpha value is 0.01000. The van der Waals surface area contributed by atoms with Crippen molar-refractivity contribution in [3.63, 3.8) is 0 Å². The molecule has 2 N–H and O–H groups in total. The van der Waals surface area contributed by atoms with Crippen LogP contribution in [0.15, 0.2) is 30.3 Å². The van der Waals surface area contributed by atoms with Gasteiger partial charge in [-0.1, -0.05) is 53.5 Å². The van der Waals surface area contributed by atoms with Crippen LogP contribution in [0.3, 0.4) is 0 Å². The van der Waals surface area contributed by atoms with Crippen molar-refractivity contribution in [3.8, 4) is 0 Å². The van der Waals surface area contributed by atoms with E-state index in [-0.39, 0.29) is 0 Å². The van der Waals surface area contributed by atoms with Gasteiger partial charge in [0.15, 0.2) is 10.6 Å². The van der Waals surface area contributed by atoms with Gasteiger partial charge in [-0.15, -0.1) is 11.6 Å². The number of hydrogen-bond acceptors (Lipinski definition) is 2. The van der Waals surface area contributed by atoms with Gasteiger partial charge in [0.1, 0.15) is 0 Å². The van der Waals surface area contributed by atoms with E-state index >= 15 is 0 Å². The van der Waals surface area contributed by atoms with Crippen LogP contribution in [0.25, 0.3) is 0 Å². The van der Waals surface area contributed by atoms with Crippen LogP contribution in [0.2, 0.25) is 0 Å². The van der Waals surface area contributed by atoms with Crippen LogP contribution in [0.1, 0.15) is 10.9 Å². The predicted molar refractivity (Wildman–Crippen MR) is 57.7 cm³/mol. The van der Waals surface area contributed by atoms with Crippen molar-refractivity contribution in [1.82, 2.24) is 0 Å². The highest BCUT2D eigenvalue weighted by Gasteiger charge is 2.41. The van der Waals surface area contributed by atoms with Crippen molar-refractivity contribution >= 4 is 34.8 Å². The average Bonchev–Trinajstić information content (AvgIpc) is 2.17. The minimum absolute atomic E-state index is 0.632. The predicted octanol–water partition coefficient (Wildman–Crippen LogP) is 2.45. The molecule has 1 atom stereocenters. The summed E-state index contributed by atoms with van der Waals surface area (Å²) in [7, 11) is 0. The number of alkyl halides is 3. The lowest BCUT2D eigenvalue weighted by atomic mass is 10.1. The first-order valence-corrected chi connectivity index (χ1v) is 5.08. The fourth-order valence-electron chi connectivity index (χ4n) is 0.975. The van der Waals surface area contributed by atoms with Gasteiger partial charge in [0.05, 0.1) is 5.38 Å². The monoisotopic (exact) mass is 254 g/mol. The minimum atomic E-state index is -1.89. The van der Waals surface area contributed by atoms with Crippen molar-refractivity contribution in [2.24, 2.45) is 0 Å². The van der Waals surface area contributed by atoms with Gasteiger partial charge in [-0.25, -0.2) is 0 Å². The molecule has 0 saturated heterocycles. The van der Waals surface area contributed by atoms with Crippen molar-refractivity contribution in [2.75, 3.05) is 0 Å². The summed E-state index contributed by atoms with van der Waals surface area (Å²) in [6, 6.07) is 8.75. The van der Waals surface area contributed by atoms with E-state index in [4.69, 9.17) is 45.0 Å². The van der Waals surface area contributed by atoms with Gasteiger partial charge < -0.3 is 10.2 Å². The van der Waals surface area contributed by atoms with Gasteiger partial charge in [0.2, 0.25) is 0 Å². The Labute approximate surface area is 97.0 Å². The van der Waals surface area contributed by atoms with Gasteiger partial charge in [-0.05, 0) is 5.56 Å². The molecule has 0 aliphatic rings. The van der Waals surface area contributed by atoms with E-state index in [1.165, 1.54) is 0 Å². The maximum Gasteiger partial charge on any atom is 0.188 e. The van der Waals surface area contributed by atoms with Crippen LogP contribution in [0.4, 0.5) is 0 Å². The molecule has 0 aliphatic heterocycles. The molecule has 0 bridgehead atoms. The van der Waals surface area contributed by atoms with Crippen LogP contribution in [-0.2, 0) is 0 Å². The topological polar surface area (TPSA) is 40.5 Å². The highest BCUT2D eigenvalue weighted by atomic mass is 35.5. The summed E-state index contributed by atoms with van der Waals surface area (Å²) in [5, 5.41) is 17.0. The smallest absolute Gasteiger partial charge is 0.188 e.